The summed E-state index contributed by atoms with van der Waals surface area (Å²) in [5, 5.41) is 0. The van der Waals surface area contributed by atoms with Gasteiger partial charge >= 0.3 is 0 Å². The van der Waals surface area contributed by atoms with Gasteiger partial charge in [0.05, 0.1) is 4.47 Å². The summed E-state index contributed by atoms with van der Waals surface area (Å²) in [5.74, 6) is 0.820. The highest BCUT2D eigenvalue weighted by Crippen LogP contribution is 2.32. The molecule has 1 nitrogen and oxygen atoms in total. The zero-order valence-corrected chi connectivity index (χ0v) is 12.2. The minimum atomic E-state index is -0.247. The Kier molecular flexibility index (Phi) is 4.55. The number of Topliss-reactive ketones (excluding diaryl/α,β-unsaturated/α-hetero) is 1. The molecule has 0 radical (unpaired) electrons. The summed E-state index contributed by atoms with van der Waals surface area (Å²) >= 11 is 3.27. The number of carbonyl (C=O) groups excluding carboxylic acids is 1. The third kappa shape index (κ3) is 3.00. The number of hydrogen-bond acceptors (Lipinski definition) is 1. The van der Waals surface area contributed by atoms with Crippen molar-refractivity contribution in [2.75, 3.05) is 0 Å². The van der Waals surface area contributed by atoms with Crippen molar-refractivity contribution in [2.24, 2.45) is 11.8 Å². The number of halogens is 2. The zero-order chi connectivity index (χ0) is 13.1. The molecule has 2 rings (SSSR count). The predicted octanol–water partition coefficient (Wildman–Crippen LogP) is 4.53. The van der Waals surface area contributed by atoms with E-state index < -0.39 is 0 Å². The SMILES string of the molecule is CCC1CCC(=O)C(Cc2cccc(F)c2Br)C1. The first kappa shape index (κ1) is 13.7. The van der Waals surface area contributed by atoms with E-state index in [1.165, 1.54) is 6.07 Å². The van der Waals surface area contributed by atoms with E-state index in [-0.39, 0.29) is 11.7 Å². The number of carbonyl (C=O) groups is 1. The van der Waals surface area contributed by atoms with Crippen molar-refractivity contribution in [3.05, 3.63) is 34.1 Å². The average Bonchev–Trinajstić information content (AvgIpc) is 2.37. The van der Waals surface area contributed by atoms with Crippen LogP contribution in [0.2, 0.25) is 0 Å². The fourth-order valence-electron chi connectivity index (χ4n) is 2.74. The number of rotatable bonds is 3. The molecule has 0 bridgehead atoms. The molecule has 1 fully saturated rings. The molecular weight excluding hydrogens is 295 g/mol. The lowest BCUT2D eigenvalue weighted by Gasteiger charge is -2.27. The van der Waals surface area contributed by atoms with E-state index in [9.17, 15) is 9.18 Å². The number of hydrogen-bond donors (Lipinski definition) is 0. The van der Waals surface area contributed by atoms with Crippen LogP contribution in [0.4, 0.5) is 4.39 Å². The van der Waals surface area contributed by atoms with Gasteiger partial charge in [-0.15, -0.1) is 0 Å². The normalized spacial score (nSPS) is 24.3. The van der Waals surface area contributed by atoms with Crippen molar-refractivity contribution in [3.63, 3.8) is 0 Å². The molecule has 0 N–H and O–H groups in total. The van der Waals surface area contributed by atoms with E-state index >= 15 is 0 Å². The molecule has 0 amide bonds. The molecule has 0 aromatic heterocycles. The molecule has 98 valence electrons. The quantitative estimate of drug-likeness (QED) is 0.801. The van der Waals surface area contributed by atoms with E-state index in [1.807, 2.05) is 6.07 Å². The molecule has 1 aliphatic carbocycles. The van der Waals surface area contributed by atoms with E-state index in [2.05, 4.69) is 22.9 Å². The molecular formula is C15H18BrFO. The molecule has 1 aliphatic rings. The fourth-order valence-corrected chi connectivity index (χ4v) is 3.17. The fraction of sp³-hybridized carbons (Fsp3) is 0.533. The number of benzene rings is 1. The Bertz CT molecular complexity index is 444. The van der Waals surface area contributed by atoms with Crippen LogP contribution in [0.15, 0.2) is 22.7 Å². The van der Waals surface area contributed by atoms with Crippen LogP contribution in [0.5, 0.6) is 0 Å². The molecule has 1 aromatic carbocycles. The summed E-state index contributed by atoms with van der Waals surface area (Å²) in [6.45, 7) is 2.18. The van der Waals surface area contributed by atoms with Gasteiger partial charge in [-0.2, -0.15) is 0 Å². The van der Waals surface area contributed by atoms with E-state index in [0.29, 0.717) is 29.0 Å². The minimum Gasteiger partial charge on any atom is -0.299 e. The Morgan fingerprint density at radius 1 is 1.44 bits per heavy atom. The van der Waals surface area contributed by atoms with Gasteiger partial charge in [-0.25, -0.2) is 4.39 Å². The first-order valence-electron chi connectivity index (χ1n) is 6.57. The highest BCUT2D eigenvalue weighted by atomic mass is 79.9. The first-order chi connectivity index (χ1) is 8.61. The van der Waals surface area contributed by atoms with Crippen LogP contribution in [-0.4, -0.2) is 5.78 Å². The Hall–Kier alpha value is -0.700. The monoisotopic (exact) mass is 312 g/mol. The Labute approximate surface area is 116 Å². The molecule has 2 atom stereocenters. The highest BCUT2D eigenvalue weighted by molar-refractivity contribution is 9.10. The maximum Gasteiger partial charge on any atom is 0.137 e. The van der Waals surface area contributed by atoms with Gasteiger partial charge in [0, 0.05) is 12.3 Å². The van der Waals surface area contributed by atoms with E-state index in [0.717, 1.165) is 24.8 Å². The zero-order valence-electron chi connectivity index (χ0n) is 10.6. The molecule has 1 aromatic rings. The molecule has 0 saturated heterocycles. The van der Waals surface area contributed by atoms with Gasteiger partial charge in [0.1, 0.15) is 11.6 Å². The predicted molar refractivity (Wildman–Crippen MR) is 73.9 cm³/mol. The van der Waals surface area contributed by atoms with Gasteiger partial charge in [0.2, 0.25) is 0 Å². The first-order valence-corrected chi connectivity index (χ1v) is 7.36. The van der Waals surface area contributed by atoms with Crippen molar-refractivity contribution in [2.45, 2.75) is 39.0 Å². The summed E-state index contributed by atoms with van der Waals surface area (Å²) in [5.41, 5.74) is 0.908. The van der Waals surface area contributed by atoms with E-state index in [1.54, 1.807) is 6.07 Å². The smallest absolute Gasteiger partial charge is 0.137 e. The number of ketones is 1. The summed E-state index contributed by atoms with van der Waals surface area (Å²) in [6, 6.07) is 5.04. The third-order valence-corrected chi connectivity index (χ3v) is 4.84. The van der Waals surface area contributed by atoms with Crippen molar-refractivity contribution in [1.82, 2.24) is 0 Å². The van der Waals surface area contributed by atoms with Crippen LogP contribution in [0, 0.1) is 17.7 Å². The van der Waals surface area contributed by atoms with Crippen LogP contribution < -0.4 is 0 Å². The van der Waals surface area contributed by atoms with Crippen molar-refractivity contribution in [3.8, 4) is 0 Å². The highest BCUT2D eigenvalue weighted by Gasteiger charge is 2.28. The lowest BCUT2D eigenvalue weighted by atomic mass is 9.77. The summed E-state index contributed by atoms with van der Waals surface area (Å²) in [6.07, 6.45) is 4.46. The standard InChI is InChI=1S/C15H18BrFO/c1-2-10-6-7-14(18)12(8-10)9-11-4-3-5-13(17)15(11)16/h3-5,10,12H,2,6-9H2,1H3. The molecule has 18 heavy (non-hydrogen) atoms. The Morgan fingerprint density at radius 2 is 2.22 bits per heavy atom. The Morgan fingerprint density at radius 3 is 2.94 bits per heavy atom. The molecule has 0 heterocycles. The second-order valence-electron chi connectivity index (χ2n) is 5.13. The van der Waals surface area contributed by atoms with Gasteiger partial charge in [-0.3, -0.25) is 4.79 Å². The summed E-state index contributed by atoms with van der Waals surface area (Å²) in [7, 11) is 0. The van der Waals surface area contributed by atoms with E-state index in [4.69, 9.17) is 0 Å². The van der Waals surface area contributed by atoms with Gasteiger partial charge in [-0.1, -0.05) is 25.5 Å². The molecule has 1 saturated carbocycles. The maximum atomic E-state index is 13.4. The van der Waals surface area contributed by atoms with Crippen LogP contribution >= 0.6 is 15.9 Å². The molecule has 0 aliphatic heterocycles. The molecule has 2 unspecified atom stereocenters. The maximum absolute atomic E-state index is 13.4. The molecule has 3 heteroatoms. The van der Waals surface area contributed by atoms with Crippen LogP contribution in [0.3, 0.4) is 0 Å². The summed E-state index contributed by atoms with van der Waals surface area (Å²) in [4.78, 5) is 11.9. The largest absolute Gasteiger partial charge is 0.299 e. The van der Waals surface area contributed by atoms with Gasteiger partial charge in [0.25, 0.3) is 0 Å². The minimum absolute atomic E-state index is 0.0711. The van der Waals surface area contributed by atoms with Gasteiger partial charge in [-0.05, 0) is 52.7 Å². The van der Waals surface area contributed by atoms with Crippen LogP contribution in [0.1, 0.15) is 38.2 Å². The lowest BCUT2D eigenvalue weighted by Crippen LogP contribution is -2.26. The van der Waals surface area contributed by atoms with Crippen molar-refractivity contribution in [1.29, 1.82) is 0 Å². The molecule has 0 spiro atoms. The third-order valence-electron chi connectivity index (χ3n) is 3.95. The van der Waals surface area contributed by atoms with Gasteiger partial charge in [0.15, 0.2) is 0 Å². The van der Waals surface area contributed by atoms with Crippen molar-refractivity contribution < 1.29 is 9.18 Å². The van der Waals surface area contributed by atoms with Crippen molar-refractivity contribution >= 4 is 21.7 Å². The van der Waals surface area contributed by atoms with Crippen LogP contribution in [0.25, 0.3) is 0 Å². The summed E-state index contributed by atoms with van der Waals surface area (Å²) < 4.78 is 14.0. The Balaban J connectivity index is 2.12. The second kappa shape index (κ2) is 5.96. The average molecular weight is 313 g/mol. The topological polar surface area (TPSA) is 17.1 Å². The second-order valence-corrected chi connectivity index (χ2v) is 5.92. The van der Waals surface area contributed by atoms with Gasteiger partial charge < -0.3 is 0 Å². The lowest BCUT2D eigenvalue weighted by molar-refractivity contribution is -0.125. The van der Waals surface area contributed by atoms with Crippen LogP contribution in [-0.2, 0) is 11.2 Å².